The van der Waals surface area contributed by atoms with E-state index in [1.165, 1.54) is 35.3 Å². The Labute approximate surface area is 187 Å². The third-order valence-corrected chi connectivity index (χ3v) is 4.74. The summed E-state index contributed by atoms with van der Waals surface area (Å²) in [5, 5.41) is 7.12. The van der Waals surface area contributed by atoms with Crippen LogP contribution in [0, 0.1) is 0 Å². The second-order valence-corrected chi connectivity index (χ2v) is 7.12. The van der Waals surface area contributed by atoms with Crippen molar-refractivity contribution in [2.45, 2.75) is 25.8 Å². The van der Waals surface area contributed by atoms with E-state index in [9.17, 15) is 18.0 Å². The van der Waals surface area contributed by atoms with E-state index in [2.05, 4.69) is 20.1 Å². The summed E-state index contributed by atoms with van der Waals surface area (Å²) < 4.78 is 47.4. The van der Waals surface area contributed by atoms with Crippen molar-refractivity contribution in [1.29, 1.82) is 0 Å². The zero-order valence-corrected chi connectivity index (χ0v) is 17.2. The normalized spacial score (nSPS) is 13.7. The number of alkyl carbamates (subject to hydrolysis) is 1. The van der Waals surface area contributed by atoms with E-state index in [1.807, 2.05) is 36.4 Å². The third-order valence-electron chi connectivity index (χ3n) is 4.74. The number of amides is 1. The molecule has 2 aromatic carbocycles. The molecule has 1 aromatic heterocycles. The van der Waals surface area contributed by atoms with Gasteiger partial charge in [0.25, 0.3) is 0 Å². The highest BCUT2D eigenvalue weighted by molar-refractivity contribution is 5.71. The average Bonchev–Trinajstić information content (AvgIpc) is 3.29. The van der Waals surface area contributed by atoms with Crippen LogP contribution in [-0.4, -0.2) is 27.2 Å². The molecule has 0 radical (unpaired) electrons. The molecule has 1 amide bonds. The van der Waals surface area contributed by atoms with E-state index in [1.54, 1.807) is 6.08 Å². The minimum absolute atomic E-state index is 0.186. The number of carbonyl (C=O) groups is 1. The Balaban J connectivity index is 1.34. The number of hydrogen-bond donors (Lipinski definition) is 1. The third kappa shape index (κ3) is 6.22. The minimum atomic E-state index is -4.74. The van der Waals surface area contributed by atoms with Gasteiger partial charge < -0.3 is 9.47 Å². The topological polar surface area (TPSA) is 78.3 Å². The SMILES string of the molecule is O=C(NC1=CC=C(c2ncn(-c3ccc(OC(F)(F)F)cc3)n2)CC1)OCc1ccccc1. The number of aromatic nitrogens is 3. The number of hydrogen-bond acceptors (Lipinski definition) is 5. The number of carbonyl (C=O) groups excluding carboxylic acids is 1. The fourth-order valence-electron chi connectivity index (χ4n) is 3.15. The molecule has 0 spiro atoms. The van der Waals surface area contributed by atoms with Crippen molar-refractivity contribution in [1.82, 2.24) is 20.1 Å². The molecule has 1 N–H and O–H groups in total. The first kappa shape index (κ1) is 22.1. The standard InChI is InChI=1S/C23H19F3N4O3/c24-23(25,26)33-20-12-10-19(11-13-20)30-15-27-21(29-30)17-6-8-18(9-7-17)28-22(31)32-14-16-4-2-1-3-5-16/h1-6,8,10-13,15H,7,9,14H2,(H,28,31). The lowest BCUT2D eigenvalue weighted by atomic mass is 10.0. The van der Waals surface area contributed by atoms with Gasteiger partial charge in [-0.05, 0) is 54.3 Å². The maximum Gasteiger partial charge on any atom is 0.573 e. The number of rotatable bonds is 6. The molecule has 4 rings (SSSR count). The fraction of sp³-hybridized carbons (Fsp3) is 0.174. The Morgan fingerprint density at radius 3 is 2.45 bits per heavy atom. The van der Waals surface area contributed by atoms with Gasteiger partial charge in [-0.15, -0.1) is 18.3 Å². The van der Waals surface area contributed by atoms with Crippen LogP contribution in [0.25, 0.3) is 11.3 Å². The van der Waals surface area contributed by atoms with Gasteiger partial charge >= 0.3 is 12.5 Å². The Morgan fingerprint density at radius 2 is 1.79 bits per heavy atom. The van der Waals surface area contributed by atoms with Crippen LogP contribution < -0.4 is 10.1 Å². The van der Waals surface area contributed by atoms with Crippen LogP contribution in [0.2, 0.25) is 0 Å². The first-order valence-electron chi connectivity index (χ1n) is 10.0. The molecule has 0 saturated carbocycles. The number of alkyl halides is 3. The second-order valence-electron chi connectivity index (χ2n) is 7.12. The molecule has 170 valence electrons. The van der Waals surface area contributed by atoms with Gasteiger partial charge in [-0.1, -0.05) is 36.4 Å². The largest absolute Gasteiger partial charge is 0.573 e. The molecule has 1 aliphatic carbocycles. The summed E-state index contributed by atoms with van der Waals surface area (Å²) in [5.41, 5.74) is 3.03. The molecule has 33 heavy (non-hydrogen) atoms. The van der Waals surface area contributed by atoms with Crippen molar-refractivity contribution in [3.8, 4) is 11.4 Å². The van der Waals surface area contributed by atoms with E-state index in [0.717, 1.165) is 16.8 Å². The van der Waals surface area contributed by atoms with Crippen LogP contribution in [0.4, 0.5) is 18.0 Å². The molecule has 1 heterocycles. The fourth-order valence-corrected chi connectivity index (χ4v) is 3.15. The molecule has 0 bridgehead atoms. The molecule has 0 fully saturated rings. The lowest BCUT2D eigenvalue weighted by molar-refractivity contribution is -0.274. The van der Waals surface area contributed by atoms with E-state index in [-0.39, 0.29) is 12.4 Å². The van der Waals surface area contributed by atoms with Crippen LogP contribution in [0.3, 0.4) is 0 Å². The molecule has 7 nitrogen and oxygen atoms in total. The molecule has 3 aromatic rings. The maximum atomic E-state index is 12.3. The number of nitrogens with one attached hydrogen (secondary N) is 1. The summed E-state index contributed by atoms with van der Waals surface area (Å²) in [6.07, 6.45) is 0.978. The van der Waals surface area contributed by atoms with Crippen molar-refractivity contribution in [3.63, 3.8) is 0 Å². The quantitative estimate of drug-likeness (QED) is 0.555. The van der Waals surface area contributed by atoms with E-state index in [0.29, 0.717) is 24.4 Å². The average molecular weight is 456 g/mol. The van der Waals surface area contributed by atoms with Crippen LogP contribution >= 0.6 is 0 Å². The van der Waals surface area contributed by atoms with Crippen LogP contribution in [0.15, 0.2) is 78.8 Å². The number of benzene rings is 2. The highest BCUT2D eigenvalue weighted by Gasteiger charge is 2.31. The number of nitrogens with zero attached hydrogens (tertiary/aromatic N) is 3. The Bertz CT molecular complexity index is 1170. The molecule has 1 aliphatic rings. The van der Waals surface area contributed by atoms with Gasteiger partial charge in [0.2, 0.25) is 0 Å². The highest BCUT2D eigenvalue weighted by Crippen LogP contribution is 2.25. The van der Waals surface area contributed by atoms with Gasteiger partial charge in [-0.3, -0.25) is 5.32 Å². The lowest BCUT2D eigenvalue weighted by Crippen LogP contribution is -2.24. The Hall–Kier alpha value is -4.08. The van der Waals surface area contributed by atoms with Gasteiger partial charge in [0.15, 0.2) is 5.82 Å². The Morgan fingerprint density at radius 1 is 1.03 bits per heavy atom. The van der Waals surface area contributed by atoms with Crippen molar-refractivity contribution in [2.24, 2.45) is 0 Å². The second kappa shape index (κ2) is 9.60. The number of allylic oxidation sites excluding steroid dienone is 4. The smallest absolute Gasteiger partial charge is 0.444 e. The summed E-state index contributed by atoms with van der Waals surface area (Å²) in [6.45, 7) is 0.186. The predicted molar refractivity (Wildman–Crippen MR) is 113 cm³/mol. The molecule has 0 atom stereocenters. The zero-order valence-electron chi connectivity index (χ0n) is 17.2. The van der Waals surface area contributed by atoms with Crippen LogP contribution in [-0.2, 0) is 11.3 Å². The Kier molecular flexibility index (Phi) is 6.43. The summed E-state index contributed by atoms with van der Waals surface area (Å²) in [4.78, 5) is 16.3. The van der Waals surface area contributed by atoms with E-state index < -0.39 is 12.5 Å². The number of ether oxygens (including phenoxy) is 2. The van der Waals surface area contributed by atoms with E-state index >= 15 is 0 Å². The molecular weight excluding hydrogens is 437 g/mol. The molecule has 0 saturated heterocycles. The lowest BCUT2D eigenvalue weighted by Gasteiger charge is -2.14. The van der Waals surface area contributed by atoms with Gasteiger partial charge in [-0.25, -0.2) is 14.5 Å². The summed E-state index contributed by atoms with van der Waals surface area (Å²) in [6, 6.07) is 14.7. The number of halogens is 3. The minimum Gasteiger partial charge on any atom is -0.444 e. The maximum absolute atomic E-state index is 12.3. The van der Waals surface area contributed by atoms with Crippen molar-refractivity contribution >= 4 is 11.7 Å². The zero-order chi connectivity index (χ0) is 23.3. The molecule has 10 heteroatoms. The van der Waals surface area contributed by atoms with Crippen molar-refractivity contribution < 1.29 is 27.4 Å². The van der Waals surface area contributed by atoms with Crippen LogP contribution in [0.1, 0.15) is 24.2 Å². The molecule has 0 unspecified atom stereocenters. The predicted octanol–water partition coefficient (Wildman–Crippen LogP) is 5.15. The van der Waals surface area contributed by atoms with E-state index in [4.69, 9.17) is 4.74 Å². The van der Waals surface area contributed by atoms with Gasteiger partial charge in [-0.2, -0.15) is 0 Å². The highest BCUT2D eigenvalue weighted by atomic mass is 19.4. The van der Waals surface area contributed by atoms with Crippen molar-refractivity contribution in [2.75, 3.05) is 0 Å². The monoisotopic (exact) mass is 456 g/mol. The summed E-state index contributed by atoms with van der Waals surface area (Å²) in [5.74, 6) is 0.182. The van der Waals surface area contributed by atoms with Crippen molar-refractivity contribution in [3.05, 3.63) is 90.2 Å². The van der Waals surface area contributed by atoms with Gasteiger partial charge in [0, 0.05) is 5.70 Å². The van der Waals surface area contributed by atoms with Gasteiger partial charge in [0.05, 0.1) is 5.69 Å². The van der Waals surface area contributed by atoms with Gasteiger partial charge in [0.1, 0.15) is 18.7 Å². The van der Waals surface area contributed by atoms with Crippen LogP contribution in [0.5, 0.6) is 5.75 Å². The summed E-state index contributed by atoms with van der Waals surface area (Å²) >= 11 is 0. The first-order chi connectivity index (χ1) is 15.9. The summed E-state index contributed by atoms with van der Waals surface area (Å²) in [7, 11) is 0. The molecular formula is C23H19F3N4O3. The molecule has 0 aliphatic heterocycles. The first-order valence-corrected chi connectivity index (χ1v) is 10.0.